The largest absolute Gasteiger partial charge is 0.298 e. The maximum Gasteiger partial charge on any atom is 0.153 e. The second kappa shape index (κ2) is 38.5. The molecule has 6 aliphatic rings. The van der Waals surface area contributed by atoms with E-state index >= 15 is 4.79 Å². The van der Waals surface area contributed by atoms with Crippen molar-refractivity contribution >= 4 is 5.78 Å². The molecule has 6 fully saturated rings. The fraction of sp³-hybridized carbons (Fsp3) is 0.938. The minimum Gasteiger partial charge on any atom is -0.298 e. The third kappa shape index (κ3) is 20.6. The summed E-state index contributed by atoms with van der Waals surface area (Å²) in [6.07, 6.45) is 79.8. The second-order valence-electron chi connectivity index (χ2n) is 31.9. The van der Waals surface area contributed by atoms with E-state index in [1.54, 1.807) is 11.1 Å². The molecule has 0 aromatic heterocycles. The first-order valence-electron chi connectivity index (χ1n) is 38.9. The summed E-state index contributed by atoms with van der Waals surface area (Å²) in [7, 11) is 0. The highest BCUT2D eigenvalue weighted by molar-refractivity contribution is 5.95. The molecule has 0 amide bonds. The topological polar surface area (TPSA) is 17.1 Å². The van der Waals surface area contributed by atoms with Gasteiger partial charge in [0.25, 0.3) is 0 Å². The average molecular weight is 1140 g/mol. The molecule has 1 heteroatoms. The van der Waals surface area contributed by atoms with Crippen molar-refractivity contribution in [2.24, 2.45) is 57.2 Å². The molecule has 0 radical (unpaired) electrons. The van der Waals surface area contributed by atoms with Gasteiger partial charge < -0.3 is 0 Å². The molecule has 6 aliphatic carbocycles. The average Bonchev–Trinajstić information content (AvgIpc) is 1.97. The van der Waals surface area contributed by atoms with Gasteiger partial charge in [-0.15, -0.1) is 0 Å². The molecular formula is C81H146O. The van der Waals surface area contributed by atoms with Gasteiger partial charge >= 0.3 is 0 Å². The van der Waals surface area contributed by atoms with E-state index in [0.717, 1.165) is 5.78 Å². The van der Waals surface area contributed by atoms with Gasteiger partial charge in [0.1, 0.15) is 0 Å². The van der Waals surface area contributed by atoms with E-state index in [-0.39, 0.29) is 10.8 Å². The van der Waals surface area contributed by atoms with Crippen LogP contribution in [0.4, 0.5) is 0 Å². The van der Waals surface area contributed by atoms with Crippen LogP contribution in [-0.2, 0) is 4.79 Å². The van der Waals surface area contributed by atoms with Crippen LogP contribution in [0.5, 0.6) is 0 Å². The Morgan fingerprint density at radius 2 is 0.463 bits per heavy atom. The Balaban J connectivity index is 1.74. The highest BCUT2D eigenvalue weighted by Gasteiger charge is 2.57. The number of Topliss-reactive ketones (excluding diaryl/α,β-unsaturated/α-hetero) is 1. The second-order valence-corrected chi connectivity index (χ2v) is 31.9. The Kier molecular flexibility index (Phi) is 33.0. The molecule has 1 nitrogen and oxygen atoms in total. The first kappa shape index (κ1) is 70.2. The van der Waals surface area contributed by atoms with E-state index in [9.17, 15) is 0 Å². The summed E-state index contributed by atoms with van der Waals surface area (Å²) in [5.74, 6) is 4.04. The van der Waals surface area contributed by atoms with Crippen molar-refractivity contribution in [2.75, 3.05) is 0 Å². The Hall–Kier alpha value is -0.850. The van der Waals surface area contributed by atoms with Crippen molar-refractivity contribution in [3.8, 4) is 0 Å². The molecule has 0 heterocycles. The van der Waals surface area contributed by atoms with Gasteiger partial charge in [-0.05, 0) is 151 Å². The minimum atomic E-state index is -0.507. The number of ketones is 1. The van der Waals surface area contributed by atoms with Crippen molar-refractivity contribution in [1.29, 1.82) is 0 Å². The highest BCUT2D eigenvalue weighted by atomic mass is 16.1. The van der Waals surface area contributed by atoms with Crippen molar-refractivity contribution < 1.29 is 4.79 Å². The number of carbonyl (C=O) groups excluding carboxylic acids is 1. The highest BCUT2D eigenvalue weighted by Crippen LogP contribution is 2.61. The van der Waals surface area contributed by atoms with E-state index < -0.39 is 10.8 Å². The lowest BCUT2D eigenvalue weighted by atomic mass is 9.50. The molecule has 476 valence electrons. The quantitative estimate of drug-likeness (QED) is 0.199. The number of allylic oxidation sites excluding steroid dienone is 4. The monoisotopic (exact) mass is 1140 g/mol. The fourth-order valence-corrected chi connectivity index (χ4v) is 20.1. The van der Waals surface area contributed by atoms with Crippen molar-refractivity contribution in [3.63, 3.8) is 0 Å². The molecule has 6 atom stereocenters. The standard InChI is InChI=1S/C81H146O/c1-67-55-43-31-19-17-29-41-53-65-78(67,5)75(71-57-45-33-21-9-10-22-34-46-58-71)69(3)80(7,73-61-49-37-25-13-14-26-38-50-62-73)77(82)81(8,74-63-51-39-27-15-16-28-40-52-64-74)70(4)76(72-59-47-35-23-11-12-24-36-48-60-72)79(6)66-54-42-30-18-20-32-44-56-68(79)2/h67-68,71-74H,9-66H2,1-8H3. The van der Waals surface area contributed by atoms with E-state index in [1.165, 1.54) is 372 Å². The molecule has 0 N–H and O–H groups in total. The number of hydrogen-bond acceptors (Lipinski definition) is 1. The summed E-state index contributed by atoms with van der Waals surface area (Å²) in [6, 6.07) is 0. The van der Waals surface area contributed by atoms with Gasteiger partial charge in [-0.1, -0.05) is 345 Å². The first-order chi connectivity index (χ1) is 39.9. The van der Waals surface area contributed by atoms with Crippen molar-refractivity contribution in [2.45, 2.75) is 428 Å². The van der Waals surface area contributed by atoms with Gasteiger partial charge in [0.05, 0.1) is 10.8 Å². The predicted molar refractivity (Wildman–Crippen MR) is 363 cm³/mol. The van der Waals surface area contributed by atoms with Crippen LogP contribution in [-0.4, -0.2) is 5.78 Å². The van der Waals surface area contributed by atoms with Gasteiger partial charge in [-0.25, -0.2) is 0 Å². The molecule has 6 unspecified atom stereocenters. The van der Waals surface area contributed by atoms with Gasteiger partial charge in [0.2, 0.25) is 0 Å². The zero-order valence-corrected chi connectivity index (χ0v) is 57.4. The summed E-state index contributed by atoms with van der Waals surface area (Å²) in [4.78, 5) is 18.9. The fourth-order valence-electron chi connectivity index (χ4n) is 20.1. The van der Waals surface area contributed by atoms with Crippen LogP contribution in [0.15, 0.2) is 22.3 Å². The molecule has 0 aliphatic heterocycles. The third-order valence-electron chi connectivity index (χ3n) is 26.3. The molecule has 82 heavy (non-hydrogen) atoms. The van der Waals surface area contributed by atoms with E-state index in [1.807, 2.05) is 11.1 Å². The lowest BCUT2D eigenvalue weighted by molar-refractivity contribution is -0.140. The third-order valence-corrected chi connectivity index (χ3v) is 26.3. The van der Waals surface area contributed by atoms with E-state index in [0.29, 0.717) is 35.5 Å². The summed E-state index contributed by atoms with van der Waals surface area (Å²) < 4.78 is 0. The van der Waals surface area contributed by atoms with Crippen LogP contribution in [0.2, 0.25) is 0 Å². The SMILES string of the molecule is CC(=C(C1CCCCCCCCCC1)C1(C)CCCCCCCCCC1C)C(C)(C(=O)C(C)(C(C)=C(C1CCCCCCCCCC1)C1(C)CCCCCCCCCC1C)C1CCCCCCCCCC1)C1CCCCCCCCCC1. The zero-order valence-electron chi connectivity index (χ0n) is 57.4. The summed E-state index contributed by atoms with van der Waals surface area (Å²) in [5, 5.41) is 0. The summed E-state index contributed by atoms with van der Waals surface area (Å²) in [6.45, 7) is 22.3. The molecule has 6 saturated carbocycles. The lowest BCUT2D eigenvalue weighted by Crippen LogP contribution is -2.52. The first-order valence-corrected chi connectivity index (χ1v) is 38.9. The number of carbonyl (C=O) groups is 1. The molecule has 0 saturated heterocycles. The Bertz CT molecular complexity index is 1610. The number of rotatable bonds is 10. The molecule has 0 bridgehead atoms. The zero-order chi connectivity index (χ0) is 58.4. The van der Waals surface area contributed by atoms with Crippen LogP contribution in [0.3, 0.4) is 0 Å². The van der Waals surface area contributed by atoms with Crippen LogP contribution >= 0.6 is 0 Å². The maximum atomic E-state index is 18.9. The van der Waals surface area contributed by atoms with E-state index in [4.69, 9.17) is 0 Å². The van der Waals surface area contributed by atoms with Crippen LogP contribution in [0, 0.1) is 57.2 Å². The Labute approximate surface area is 515 Å². The van der Waals surface area contributed by atoms with Crippen molar-refractivity contribution in [1.82, 2.24) is 0 Å². The predicted octanol–water partition coefficient (Wildman–Crippen LogP) is 27.7. The maximum absolute atomic E-state index is 18.9. The lowest BCUT2D eigenvalue weighted by Gasteiger charge is -2.53. The van der Waals surface area contributed by atoms with Crippen molar-refractivity contribution in [3.05, 3.63) is 22.3 Å². The van der Waals surface area contributed by atoms with Crippen LogP contribution in [0.1, 0.15) is 428 Å². The van der Waals surface area contributed by atoms with Crippen LogP contribution in [0.25, 0.3) is 0 Å². The van der Waals surface area contributed by atoms with Crippen LogP contribution < -0.4 is 0 Å². The minimum absolute atomic E-state index is 0.113. The molecule has 0 spiro atoms. The number of hydrogen-bond donors (Lipinski definition) is 0. The Morgan fingerprint density at radius 3 is 0.695 bits per heavy atom. The molecule has 0 aromatic carbocycles. The molecule has 0 aromatic rings. The van der Waals surface area contributed by atoms with Gasteiger partial charge in [0.15, 0.2) is 5.78 Å². The smallest absolute Gasteiger partial charge is 0.153 e. The van der Waals surface area contributed by atoms with Gasteiger partial charge in [-0.3, -0.25) is 4.79 Å². The summed E-state index contributed by atoms with van der Waals surface area (Å²) >= 11 is 0. The summed E-state index contributed by atoms with van der Waals surface area (Å²) in [5.41, 5.74) is 6.33. The molecular weight excluding hydrogens is 989 g/mol. The normalized spacial score (nSPS) is 31.6. The van der Waals surface area contributed by atoms with E-state index in [2.05, 4.69) is 55.4 Å². The van der Waals surface area contributed by atoms with Gasteiger partial charge in [-0.2, -0.15) is 0 Å². The van der Waals surface area contributed by atoms with Gasteiger partial charge in [0, 0.05) is 0 Å². The Morgan fingerprint density at radius 1 is 0.280 bits per heavy atom. The molecule has 6 rings (SSSR count).